The van der Waals surface area contributed by atoms with Crippen molar-refractivity contribution in [2.24, 2.45) is 5.73 Å². The molecule has 1 aliphatic carbocycles. The van der Waals surface area contributed by atoms with Crippen molar-refractivity contribution in [2.75, 3.05) is 6.54 Å². The first-order chi connectivity index (χ1) is 9.61. The lowest BCUT2D eigenvalue weighted by atomic mass is 10.1. The van der Waals surface area contributed by atoms with Gasteiger partial charge in [-0.25, -0.2) is 8.78 Å². The maximum absolute atomic E-state index is 13.7. The predicted octanol–water partition coefficient (Wildman–Crippen LogP) is 3.01. The summed E-state index contributed by atoms with van der Waals surface area (Å²) in [5, 5.41) is 0. The van der Waals surface area contributed by atoms with E-state index >= 15 is 0 Å². The van der Waals surface area contributed by atoms with Gasteiger partial charge in [0.05, 0.1) is 0 Å². The van der Waals surface area contributed by atoms with Gasteiger partial charge in [0.15, 0.2) is 0 Å². The van der Waals surface area contributed by atoms with Crippen LogP contribution < -0.4 is 5.73 Å². The molecule has 1 aliphatic rings. The normalized spacial score (nSPS) is 14.8. The van der Waals surface area contributed by atoms with Crippen molar-refractivity contribution in [1.29, 1.82) is 0 Å². The van der Waals surface area contributed by atoms with Crippen LogP contribution in [0.1, 0.15) is 37.7 Å². The van der Waals surface area contributed by atoms with Crippen LogP contribution in [0.4, 0.5) is 8.78 Å². The highest BCUT2D eigenvalue weighted by molar-refractivity contribution is 5.85. The third-order valence-electron chi connectivity index (χ3n) is 3.79. The van der Waals surface area contributed by atoms with Crippen LogP contribution in [0.2, 0.25) is 0 Å². The number of nitrogens with two attached hydrogens (primary N) is 1. The molecule has 0 saturated heterocycles. The molecule has 21 heavy (non-hydrogen) atoms. The number of rotatable bonds is 5. The molecule has 2 rings (SSSR count). The van der Waals surface area contributed by atoms with Crippen molar-refractivity contribution in [3.05, 3.63) is 35.4 Å². The second-order valence-corrected chi connectivity index (χ2v) is 5.23. The van der Waals surface area contributed by atoms with Crippen LogP contribution in [0.15, 0.2) is 18.2 Å². The summed E-state index contributed by atoms with van der Waals surface area (Å²) < 4.78 is 27.0. The zero-order valence-electron chi connectivity index (χ0n) is 11.9. The van der Waals surface area contributed by atoms with Crippen LogP contribution in [0.3, 0.4) is 0 Å². The molecule has 0 aromatic heterocycles. The number of carbonyl (C=O) groups excluding carboxylic acids is 1. The molecule has 3 nitrogen and oxygen atoms in total. The van der Waals surface area contributed by atoms with E-state index in [0.29, 0.717) is 0 Å². The molecule has 0 heterocycles. The number of nitrogens with zero attached hydrogens (tertiary/aromatic N) is 1. The minimum atomic E-state index is -0.487. The van der Waals surface area contributed by atoms with Crippen LogP contribution in [-0.2, 0) is 11.3 Å². The van der Waals surface area contributed by atoms with Crippen LogP contribution >= 0.6 is 12.4 Å². The molecule has 1 amide bonds. The molecule has 118 valence electrons. The molecule has 0 atom stereocenters. The van der Waals surface area contributed by atoms with Crippen LogP contribution in [-0.4, -0.2) is 23.4 Å². The third-order valence-corrected chi connectivity index (χ3v) is 3.79. The summed E-state index contributed by atoms with van der Waals surface area (Å²) in [6.45, 7) is 0.390. The second-order valence-electron chi connectivity index (χ2n) is 5.23. The fraction of sp³-hybridized carbons (Fsp3) is 0.533. The molecule has 0 spiro atoms. The zero-order chi connectivity index (χ0) is 14.5. The molecule has 6 heteroatoms. The Balaban J connectivity index is 0.00000220. The SMILES string of the molecule is Cl.NCCC(=O)N(Cc1cc(F)ccc1F)C1CCCC1. The van der Waals surface area contributed by atoms with Crippen LogP contribution in [0.25, 0.3) is 0 Å². The maximum atomic E-state index is 13.7. The summed E-state index contributed by atoms with van der Waals surface area (Å²) in [6, 6.07) is 3.47. The zero-order valence-corrected chi connectivity index (χ0v) is 12.7. The Morgan fingerprint density at radius 3 is 2.57 bits per heavy atom. The van der Waals surface area contributed by atoms with Crippen LogP contribution in [0, 0.1) is 11.6 Å². The Hall–Kier alpha value is -1.20. The highest BCUT2D eigenvalue weighted by Crippen LogP contribution is 2.26. The number of benzene rings is 1. The average Bonchev–Trinajstić information content (AvgIpc) is 2.93. The van der Waals surface area contributed by atoms with Crippen molar-refractivity contribution in [1.82, 2.24) is 4.90 Å². The fourth-order valence-corrected chi connectivity index (χ4v) is 2.75. The summed E-state index contributed by atoms with van der Waals surface area (Å²) in [4.78, 5) is 13.8. The van der Waals surface area contributed by atoms with Gasteiger partial charge in [-0.2, -0.15) is 0 Å². The molecule has 0 aliphatic heterocycles. The first kappa shape index (κ1) is 17.9. The van der Waals surface area contributed by atoms with Gasteiger partial charge in [-0.15, -0.1) is 12.4 Å². The number of hydrogen-bond donors (Lipinski definition) is 1. The third kappa shape index (κ3) is 4.64. The van der Waals surface area contributed by atoms with Crippen molar-refractivity contribution in [2.45, 2.75) is 44.7 Å². The molecule has 1 saturated carbocycles. The van der Waals surface area contributed by atoms with Crippen LogP contribution in [0.5, 0.6) is 0 Å². The molecule has 0 radical (unpaired) electrons. The topological polar surface area (TPSA) is 46.3 Å². The van der Waals surface area contributed by atoms with Crippen molar-refractivity contribution >= 4 is 18.3 Å². The lowest BCUT2D eigenvalue weighted by Crippen LogP contribution is -2.39. The highest BCUT2D eigenvalue weighted by atomic mass is 35.5. The van der Waals surface area contributed by atoms with E-state index < -0.39 is 11.6 Å². The lowest BCUT2D eigenvalue weighted by Gasteiger charge is -2.29. The monoisotopic (exact) mass is 318 g/mol. The van der Waals surface area contributed by atoms with Gasteiger partial charge in [-0.3, -0.25) is 4.79 Å². The molecule has 0 unspecified atom stereocenters. The summed E-state index contributed by atoms with van der Waals surface area (Å²) in [5.41, 5.74) is 5.66. The van der Waals surface area contributed by atoms with E-state index in [4.69, 9.17) is 5.73 Å². The van der Waals surface area contributed by atoms with Gasteiger partial charge >= 0.3 is 0 Å². The number of hydrogen-bond acceptors (Lipinski definition) is 2. The number of carbonyl (C=O) groups is 1. The van der Waals surface area contributed by atoms with E-state index in [1.54, 1.807) is 4.90 Å². The average molecular weight is 319 g/mol. The molecule has 1 fully saturated rings. The molecule has 1 aromatic rings. The molecular formula is C15H21ClF2N2O. The largest absolute Gasteiger partial charge is 0.335 e. The molecule has 1 aromatic carbocycles. The Bertz CT molecular complexity index is 479. The summed E-state index contributed by atoms with van der Waals surface area (Å²) in [6.07, 6.45) is 4.24. The Morgan fingerprint density at radius 2 is 1.95 bits per heavy atom. The lowest BCUT2D eigenvalue weighted by molar-refractivity contribution is -0.134. The van der Waals surface area contributed by atoms with E-state index in [-0.39, 0.29) is 49.4 Å². The van der Waals surface area contributed by atoms with Gasteiger partial charge in [0, 0.05) is 31.1 Å². The van der Waals surface area contributed by atoms with E-state index in [2.05, 4.69) is 0 Å². The molecule has 0 bridgehead atoms. The first-order valence-corrected chi connectivity index (χ1v) is 7.05. The standard InChI is InChI=1S/C15H20F2N2O.ClH/c16-12-5-6-14(17)11(9-12)10-19(15(20)7-8-18)13-3-1-2-4-13;/h5-6,9,13H,1-4,7-8,10,18H2;1H. The van der Waals surface area contributed by atoms with Gasteiger partial charge < -0.3 is 10.6 Å². The smallest absolute Gasteiger partial charge is 0.224 e. The highest BCUT2D eigenvalue weighted by Gasteiger charge is 2.27. The van der Waals surface area contributed by atoms with Crippen molar-refractivity contribution in [3.63, 3.8) is 0 Å². The Morgan fingerprint density at radius 1 is 1.29 bits per heavy atom. The number of amides is 1. The van der Waals surface area contributed by atoms with Gasteiger partial charge in [-0.1, -0.05) is 12.8 Å². The molecule has 2 N–H and O–H groups in total. The van der Waals surface area contributed by atoms with Gasteiger partial charge in [0.1, 0.15) is 11.6 Å². The second kappa shape index (κ2) is 8.29. The first-order valence-electron chi connectivity index (χ1n) is 7.05. The van der Waals surface area contributed by atoms with Crippen molar-refractivity contribution in [3.8, 4) is 0 Å². The van der Waals surface area contributed by atoms with E-state index in [1.807, 2.05) is 0 Å². The summed E-state index contributed by atoms with van der Waals surface area (Å²) >= 11 is 0. The van der Waals surface area contributed by atoms with E-state index in [0.717, 1.165) is 43.9 Å². The molecular weight excluding hydrogens is 298 g/mol. The Labute approximate surface area is 129 Å². The van der Waals surface area contributed by atoms with E-state index in [9.17, 15) is 13.6 Å². The Kier molecular flexibility index (Phi) is 7.05. The van der Waals surface area contributed by atoms with Gasteiger partial charge in [0.25, 0.3) is 0 Å². The minimum Gasteiger partial charge on any atom is -0.335 e. The predicted molar refractivity (Wildman–Crippen MR) is 80.1 cm³/mol. The maximum Gasteiger partial charge on any atom is 0.224 e. The minimum absolute atomic E-state index is 0. The fourth-order valence-electron chi connectivity index (χ4n) is 2.75. The summed E-state index contributed by atoms with van der Waals surface area (Å²) in [5.74, 6) is -1.04. The van der Waals surface area contributed by atoms with Gasteiger partial charge in [-0.05, 0) is 31.0 Å². The quantitative estimate of drug-likeness (QED) is 0.907. The van der Waals surface area contributed by atoms with Gasteiger partial charge in [0.2, 0.25) is 5.91 Å². The number of halogens is 3. The summed E-state index contributed by atoms with van der Waals surface area (Å²) in [7, 11) is 0. The van der Waals surface area contributed by atoms with E-state index in [1.165, 1.54) is 0 Å². The van der Waals surface area contributed by atoms with Crippen molar-refractivity contribution < 1.29 is 13.6 Å².